The first-order valence-electron chi connectivity index (χ1n) is 10.7. The van der Waals surface area contributed by atoms with E-state index in [1.54, 1.807) is 0 Å². The van der Waals surface area contributed by atoms with E-state index in [1.165, 1.54) is 4.90 Å². The number of nitrogens with two attached hydrogens (primary N) is 1. The topological polar surface area (TPSA) is 216 Å². The Kier molecular flexibility index (Phi) is 10.7. The number of carbonyl (C=O) groups is 6. The maximum absolute atomic E-state index is 13.2. The number of hydrogen-bond acceptors (Lipinski definition) is 7. The van der Waals surface area contributed by atoms with E-state index in [0.717, 1.165) is 0 Å². The van der Waals surface area contributed by atoms with Gasteiger partial charge >= 0.3 is 17.9 Å². The highest BCUT2D eigenvalue weighted by Crippen LogP contribution is 2.21. The molecule has 3 amide bonds. The fraction of sp³-hybridized carbons (Fsp3) is 0.700. The molecule has 0 bridgehead atoms. The predicted octanol–water partition coefficient (Wildman–Crippen LogP) is -1.26. The first-order chi connectivity index (χ1) is 15.3. The van der Waals surface area contributed by atoms with Gasteiger partial charge in [0.05, 0.1) is 12.5 Å². The maximum Gasteiger partial charge on any atom is 0.326 e. The fourth-order valence-electron chi connectivity index (χ4n) is 3.55. The lowest BCUT2D eigenvalue weighted by Gasteiger charge is -2.30. The van der Waals surface area contributed by atoms with E-state index in [1.807, 2.05) is 13.8 Å². The summed E-state index contributed by atoms with van der Waals surface area (Å²) >= 11 is 0. The van der Waals surface area contributed by atoms with E-state index in [9.17, 15) is 33.9 Å². The minimum Gasteiger partial charge on any atom is -0.481 e. The monoisotopic (exact) mass is 472 g/mol. The molecule has 0 aromatic heterocycles. The molecule has 0 aromatic rings. The molecule has 1 rings (SSSR count). The molecule has 13 nitrogen and oxygen atoms in total. The van der Waals surface area contributed by atoms with Crippen LogP contribution in [0, 0.1) is 5.92 Å². The van der Waals surface area contributed by atoms with Crippen molar-refractivity contribution < 1.29 is 44.1 Å². The van der Waals surface area contributed by atoms with Crippen LogP contribution in [0.1, 0.15) is 52.4 Å². The normalized spacial score (nSPS) is 18.3. The Hall–Kier alpha value is -3.22. The molecule has 33 heavy (non-hydrogen) atoms. The zero-order valence-electron chi connectivity index (χ0n) is 18.7. The second-order valence-corrected chi connectivity index (χ2v) is 8.42. The number of amides is 3. The third-order valence-corrected chi connectivity index (χ3v) is 5.15. The first-order valence-corrected chi connectivity index (χ1v) is 10.7. The second-order valence-electron chi connectivity index (χ2n) is 8.42. The maximum atomic E-state index is 13.2. The van der Waals surface area contributed by atoms with E-state index in [0.29, 0.717) is 6.42 Å². The van der Waals surface area contributed by atoms with Gasteiger partial charge in [-0.05, 0) is 31.6 Å². The molecule has 1 aliphatic rings. The Morgan fingerprint density at radius 1 is 1.00 bits per heavy atom. The molecule has 1 fully saturated rings. The standard InChI is InChI=1S/C20H32N4O9/c1-10(2)8-13(23-17(29)11(21)9-16(27)28)19(31)24-7-3-4-14(24)18(30)22-12(20(32)33)5-6-15(25)26/h10-14H,3-9,21H2,1-2H3,(H,22,30)(H,23,29)(H,25,26)(H,27,28)(H,32,33). The zero-order valence-corrected chi connectivity index (χ0v) is 18.7. The molecule has 4 unspecified atom stereocenters. The molecule has 1 saturated heterocycles. The molecule has 0 aromatic carbocycles. The molecule has 1 heterocycles. The van der Waals surface area contributed by atoms with Gasteiger partial charge in [0, 0.05) is 13.0 Å². The number of hydrogen-bond donors (Lipinski definition) is 6. The lowest BCUT2D eigenvalue weighted by Crippen LogP contribution is -2.57. The Morgan fingerprint density at radius 2 is 1.64 bits per heavy atom. The van der Waals surface area contributed by atoms with Gasteiger partial charge in [-0.25, -0.2) is 4.79 Å². The van der Waals surface area contributed by atoms with Crippen LogP contribution in [0.25, 0.3) is 0 Å². The van der Waals surface area contributed by atoms with Crippen molar-refractivity contribution in [2.24, 2.45) is 11.7 Å². The van der Waals surface area contributed by atoms with Crippen LogP contribution in [0.3, 0.4) is 0 Å². The Bertz CT molecular complexity index is 771. The number of rotatable bonds is 13. The third kappa shape index (κ3) is 9.04. The number of likely N-dealkylation sites (tertiary alicyclic amines) is 1. The molecule has 0 spiro atoms. The summed E-state index contributed by atoms with van der Waals surface area (Å²) in [5, 5.41) is 31.6. The smallest absolute Gasteiger partial charge is 0.326 e. The van der Waals surface area contributed by atoms with Gasteiger partial charge in [-0.2, -0.15) is 0 Å². The minimum absolute atomic E-state index is 0.0303. The van der Waals surface area contributed by atoms with Crippen LogP contribution in [0.4, 0.5) is 0 Å². The molecular formula is C20H32N4O9. The molecular weight excluding hydrogens is 440 g/mol. The number of carbonyl (C=O) groups excluding carboxylic acids is 3. The summed E-state index contributed by atoms with van der Waals surface area (Å²) in [5.41, 5.74) is 5.58. The summed E-state index contributed by atoms with van der Waals surface area (Å²) in [5.74, 6) is -5.99. The molecule has 0 radical (unpaired) electrons. The highest BCUT2D eigenvalue weighted by atomic mass is 16.4. The fourth-order valence-corrected chi connectivity index (χ4v) is 3.55. The molecule has 186 valence electrons. The second kappa shape index (κ2) is 12.7. The van der Waals surface area contributed by atoms with Crippen LogP contribution in [0.5, 0.6) is 0 Å². The van der Waals surface area contributed by atoms with Crippen LogP contribution in [0.15, 0.2) is 0 Å². The summed E-state index contributed by atoms with van der Waals surface area (Å²) < 4.78 is 0. The van der Waals surface area contributed by atoms with Gasteiger partial charge in [0.1, 0.15) is 18.1 Å². The Balaban J connectivity index is 2.94. The summed E-state index contributed by atoms with van der Waals surface area (Å²) in [6, 6.07) is -4.81. The van der Waals surface area contributed by atoms with Crippen molar-refractivity contribution in [2.45, 2.75) is 76.5 Å². The Morgan fingerprint density at radius 3 is 2.15 bits per heavy atom. The zero-order chi connectivity index (χ0) is 25.3. The van der Waals surface area contributed by atoms with Crippen LogP contribution >= 0.6 is 0 Å². The predicted molar refractivity (Wildman–Crippen MR) is 113 cm³/mol. The van der Waals surface area contributed by atoms with Crippen molar-refractivity contribution in [1.82, 2.24) is 15.5 Å². The highest BCUT2D eigenvalue weighted by Gasteiger charge is 2.39. The van der Waals surface area contributed by atoms with E-state index in [-0.39, 0.29) is 31.7 Å². The molecule has 7 N–H and O–H groups in total. The molecule has 0 aliphatic carbocycles. The van der Waals surface area contributed by atoms with Crippen LogP contribution in [-0.2, 0) is 28.8 Å². The molecule has 13 heteroatoms. The quantitative estimate of drug-likeness (QED) is 0.187. The molecule has 4 atom stereocenters. The molecule has 1 aliphatic heterocycles. The van der Waals surface area contributed by atoms with Crippen molar-refractivity contribution in [3.05, 3.63) is 0 Å². The number of nitrogens with zero attached hydrogens (tertiary/aromatic N) is 1. The van der Waals surface area contributed by atoms with Crippen molar-refractivity contribution in [3.63, 3.8) is 0 Å². The number of carboxylic acids is 3. The van der Waals surface area contributed by atoms with Crippen molar-refractivity contribution in [1.29, 1.82) is 0 Å². The summed E-state index contributed by atoms with van der Waals surface area (Å²) in [6.07, 6.45) is -0.433. The number of carboxylic acid groups (broad SMARTS) is 3. The van der Waals surface area contributed by atoms with Gasteiger partial charge < -0.3 is 36.6 Å². The van der Waals surface area contributed by atoms with Crippen LogP contribution in [-0.4, -0.2) is 86.6 Å². The van der Waals surface area contributed by atoms with Gasteiger partial charge in [0.15, 0.2) is 0 Å². The van der Waals surface area contributed by atoms with Crippen LogP contribution < -0.4 is 16.4 Å². The average molecular weight is 472 g/mol. The summed E-state index contributed by atoms with van der Waals surface area (Å²) in [7, 11) is 0. The number of nitrogens with one attached hydrogen (secondary N) is 2. The van der Waals surface area contributed by atoms with Crippen LogP contribution in [0.2, 0.25) is 0 Å². The van der Waals surface area contributed by atoms with E-state index >= 15 is 0 Å². The van der Waals surface area contributed by atoms with E-state index in [4.69, 9.17) is 15.9 Å². The van der Waals surface area contributed by atoms with E-state index in [2.05, 4.69) is 10.6 Å². The van der Waals surface area contributed by atoms with Gasteiger partial charge in [-0.3, -0.25) is 24.0 Å². The van der Waals surface area contributed by atoms with E-state index < -0.39 is 72.6 Å². The third-order valence-electron chi connectivity index (χ3n) is 5.15. The lowest BCUT2D eigenvalue weighted by molar-refractivity contribution is -0.145. The number of aliphatic carboxylic acids is 3. The SMILES string of the molecule is CC(C)CC(NC(=O)C(N)CC(=O)O)C(=O)N1CCCC1C(=O)NC(CCC(=O)O)C(=O)O. The van der Waals surface area contributed by atoms with Gasteiger partial charge in [-0.15, -0.1) is 0 Å². The van der Waals surface area contributed by atoms with Gasteiger partial charge in [0.25, 0.3) is 0 Å². The summed E-state index contributed by atoms with van der Waals surface area (Å²) in [6.45, 7) is 3.84. The Labute approximate surface area is 190 Å². The minimum atomic E-state index is -1.42. The van der Waals surface area contributed by atoms with Gasteiger partial charge in [0.2, 0.25) is 17.7 Å². The van der Waals surface area contributed by atoms with Crippen molar-refractivity contribution in [2.75, 3.05) is 6.54 Å². The summed E-state index contributed by atoms with van der Waals surface area (Å²) in [4.78, 5) is 72.4. The first kappa shape index (κ1) is 27.8. The largest absolute Gasteiger partial charge is 0.481 e. The van der Waals surface area contributed by atoms with Gasteiger partial charge in [-0.1, -0.05) is 13.8 Å². The average Bonchev–Trinajstić information content (AvgIpc) is 3.18. The van der Waals surface area contributed by atoms with Crippen molar-refractivity contribution in [3.8, 4) is 0 Å². The molecule has 0 saturated carbocycles. The highest BCUT2D eigenvalue weighted by molar-refractivity contribution is 5.95. The van der Waals surface area contributed by atoms with Crippen molar-refractivity contribution >= 4 is 35.6 Å². The lowest BCUT2D eigenvalue weighted by atomic mass is 10.0.